The molecule has 1 heterocycles. The highest BCUT2D eigenvalue weighted by Crippen LogP contribution is 2.22. The van der Waals surface area contributed by atoms with Crippen LogP contribution in [0.1, 0.15) is 50.0 Å². The van der Waals surface area contributed by atoms with Crippen LogP contribution >= 0.6 is 0 Å². The molecular weight excluding hydrogens is 246 g/mol. The number of aldehydes is 1. The first-order chi connectivity index (χ1) is 9.04. The van der Waals surface area contributed by atoms with Crippen molar-refractivity contribution in [1.82, 2.24) is 4.57 Å². The third kappa shape index (κ3) is 3.59. The van der Waals surface area contributed by atoms with Crippen molar-refractivity contribution in [3.8, 4) is 11.6 Å². The van der Waals surface area contributed by atoms with Crippen molar-refractivity contribution in [1.29, 1.82) is 0 Å². The van der Waals surface area contributed by atoms with Gasteiger partial charge in [0.25, 0.3) is 0 Å². The first-order valence-electron chi connectivity index (χ1n) is 6.66. The molecule has 1 aromatic heterocycles. The van der Waals surface area contributed by atoms with Crippen molar-refractivity contribution >= 4 is 6.29 Å². The van der Waals surface area contributed by atoms with E-state index >= 15 is 0 Å². The zero-order valence-electron chi connectivity index (χ0n) is 11.4. The zero-order chi connectivity index (χ0) is 14.4. The number of hydrogen-bond acceptors (Lipinski definition) is 4. The molecule has 106 valence electrons. The molecule has 1 aromatic rings. The summed E-state index contributed by atoms with van der Waals surface area (Å²) >= 11 is 0. The minimum atomic E-state index is -0.738. The van der Waals surface area contributed by atoms with Crippen molar-refractivity contribution in [3.63, 3.8) is 0 Å². The maximum atomic E-state index is 11.3. The van der Waals surface area contributed by atoms with Crippen LogP contribution in [0, 0.1) is 5.92 Å². The Hall–Kier alpha value is -1.78. The Morgan fingerprint density at radius 3 is 2.58 bits per heavy atom. The molecule has 19 heavy (non-hydrogen) atoms. The molecule has 0 spiro atoms. The van der Waals surface area contributed by atoms with Gasteiger partial charge in [0.15, 0.2) is 17.9 Å². The van der Waals surface area contributed by atoms with Crippen molar-refractivity contribution in [2.45, 2.75) is 46.1 Å². The van der Waals surface area contributed by atoms with E-state index in [0.29, 0.717) is 18.7 Å². The summed E-state index contributed by atoms with van der Waals surface area (Å²) in [7, 11) is 0. The van der Waals surface area contributed by atoms with E-state index in [-0.39, 0.29) is 11.6 Å². The SMILES string of the molecule is CCCCC(CC)Cn1c(O)cc(=O)c(O)c1C=O. The van der Waals surface area contributed by atoms with Gasteiger partial charge >= 0.3 is 0 Å². The number of pyridine rings is 1. The second kappa shape index (κ2) is 6.97. The van der Waals surface area contributed by atoms with Crippen LogP contribution in [0.2, 0.25) is 0 Å². The van der Waals surface area contributed by atoms with E-state index in [1.54, 1.807) is 0 Å². The average molecular weight is 267 g/mol. The quantitative estimate of drug-likeness (QED) is 0.743. The predicted molar refractivity (Wildman–Crippen MR) is 72.7 cm³/mol. The van der Waals surface area contributed by atoms with Crippen LogP contribution in [0.25, 0.3) is 0 Å². The van der Waals surface area contributed by atoms with E-state index in [1.165, 1.54) is 4.57 Å². The second-order valence-corrected chi connectivity index (χ2v) is 4.75. The molecule has 0 aliphatic heterocycles. The molecule has 0 bridgehead atoms. The van der Waals surface area contributed by atoms with Gasteiger partial charge in [-0.2, -0.15) is 0 Å². The number of carbonyl (C=O) groups excluding carboxylic acids is 1. The van der Waals surface area contributed by atoms with Crippen LogP contribution in [-0.2, 0) is 6.54 Å². The molecule has 5 heteroatoms. The number of aromatic nitrogens is 1. The van der Waals surface area contributed by atoms with E-state index in [0.717, 1.165) is 31.7 Å². The monoisotopic (exact) mass is 267 g/mol. The third-order valence-electron chi connectivity index (χ3n) is 3.40. The highest BCUT2D eigenvalue weighted by molar-refractivity contribution is 5.76. The van der Waals surface area contributed by atoms with Crippen molar-refractivity contribution in [2.75, 3.05) is 0 Å². The van der Waals surface area contributed by atoms with E-state index in [4.69, 9.17) is 0 Å². The molecule has 1 atom stereocenters. The molecule has 1 unspecified atom stereocenters. The van der Waals surface area contributed by atoms with Crippen molar-refractivity contribution < 1.29 is 15.0 Å². The summed E-state index contributed by atoms with van der Waals surface area (Å²) < 4.78 is 1.31. The van der Waals surface area contributed by atoms with Gasteiger partial charge in [-0.15, -0.1) is 0 Å². The Labute approximate surface area is 112 Å². The smallest absolute Gasteiger partial charge is 0.227 e. The maximum absolute atomic E-state index is 11.3. The Bertz CT molecular complexity index is 493. The van der Waals surface area contributed by atoms with Gasteiger partial charge in [-0.1, -0.05) is 33.1 Å². The topological polar surface area (TPSA) is 79.5 Å². The Morgan fingerprint density at radius 2 is 2.05 bits per heavy atom. The minimum Gasteiger partial charge on any atom is -0.503 e. The zero-order valence-corrected chi connectivity index (χ0v) is 11.4. The molecule has 0 aliphatic carbocycles. The number of nitrogens with zero attached hydrogens (tertiary/aromatic N) is 1. The maximum Gasteiger partial charge on any atom is 0.227 e. The molecule has 0 fully saturated rings. The fourth-order valence-electron chi connectivity index (χ4n) is 2.13. The number of unbranched alkanes of at least 4 members (excludes halogenated alkanes) is 1. The van der Waals surface area contributed by atoms with Gasteiger partial charge < -0.3 is 14.8 Å². The summed E-state index contributed by atoms with van der Waals surface area (Å²) in [5.41, 5.74) is -0.891. The molecule has 0 amide bonds. The first kappa shape index (κ1) is 15.3. The largest absolute Gasteiger partial charge is 0.503 e. The number of carbonyl (C=O) groups is 1. The summed E-state index contributed by atoms with van der Waals surface area (Å²) in [5, 5.41) is 19.4. The molecule has 0 aromatic carbocycles. The van der Waals surface area contributed by atoms with Crippen LogP contribution < -0.4 is 5.43 Å². The average Bonchev–Trinajstić information content (AvgIpc) is 2.40. The van der Waals surface area contributed by atoms with E-state index in [1.807, 2.05) is 6.92 Å². The highest BCUT2D eigenvalue weighted by Gasteiger charge is 2.17. The molecular formula is C14H21NO4. The van der Waals surface area contributed by atoms with E-state index < -0.39 is 11.2 Å². The molecule has 0 saturated carbocycles. The van der Waals surface area contributed by atoms with E-state index in [2.05, 4.69) is 6.92 Å². The summed E-state index contributed by atoms with van der Waals surface area (Å²) in [6, 6.07) is 0.939. The normalized spacial score (nSPS) is 12.3. The summed E-state index contributed by atoms with van der Waals surface area (Å²) in [6.45, 7) is 4.57. The number of rotatable bonds is 7. The third-order valence-corrected chi connectivity index (χ3v) is 3.40. The van der Waals surface area contributed by atoms with Gasteiger partial charge in [0.05, 0.1) is 0 Å². The highest BCUT2D eigenvalue weighted by atomic mass is 16.3. The summed E-state index contributed by atoms with van der Waals surface area (Å²) in [4.78, 5) is 22.3. The molecule has 0 aliphatic rings. The van der Waals surface area contributed by atoms with E-state index in [9.17, 15) is 19.8 Å². The van der Waals surface area contributed by atoms with Crippen molar-refractivity contribution in [2.24, 2.45) is 5.92 Å². The van der Waals surface area contributed by atoms with Crippen LogP contribution in [0.15, 0.2) is 10.9 Å². The fourth-order valence-corrected chi connectivity index (χ4v) is 2.13. The van der Waals surface area contributed by atoms with Gasteiger partial charge in [-0.25, -0.2) is 0 Å². The standard InChI is InChI=1S/C14H21NO4/c1-3-5-6-10(4-2)8-15-11(9-16)14(19)12(17)7-13(15)18/h7,9-10,18-19H,3-6,8H2,1-2H3. The minimum absolute atomic E-state index is 0.153. The lowest BCUT2D eigenvalue weighted by atomic mass is 9.99. The summed E-state index contributed by atoms with van der Waals surface area (Å²) in [5.74, 6) is -0.579. The lowest BCUT2D eigenvalue weighted by molar-refractivity contribution is 0.110. The Kier molecular flexibility index (Phi) is 5.60. The summed E-state index contributed by atoms with van der Waals surface area (Å²) in [6.07, 6.45) is 4.45. The molecule has 0 radical (unpaired) electrons. The van der Waals surface area contributed by atoms with Gasteiger partial charge in [0.2, 0.25) is 5.43 Å². The predicted octanol–water partition coefficient (Wildman–Crippen LogP) is 2.29. The van der Waals surface area contributed by atoms with Gasteiger partial charge in [-0.05, 0) is 12.3 Å². The van der Waals surface area contributed by atoms with Crippen LogP contribution in [0.4, 0.5) is 0 Å². The molecule has 0 saturated heterocycles. The van der Waals surface area contributed by atoms with Gasteiger partial charge in [0, 0.05) is 12.6 Å². The molecule has 2 N–H and O–H groups in total. The van der Waals surface area contributed by atoms with Crippen LogP contribution in [0.5, 0.6) is 11.6 Å². The molecule has 5 nitrogen and oxygen atoms in total. The van der Waals surface area contributed by atoms with Crippen LogP contribution in [-0.4, -0.2) is 21.1 Å². The Balaban J connectivity index is 3.08. The molecule has 1 rings (SSSR count). The fraction of sp³-hybridized carbons (Fsp3) is 0.571. The Morgan fingerprint density at radius 1 is 1.37 bits per heavy atom. The first-order valence-corrected chi connectivity index (χ1v) is 6.66. The van der Waals surface area contributed by atoms with Gasteiger partial charge in [-0.3, -0.25) is 9.59 Å². The number of hydrogen-bond donors (Lipinski definition) is 2. The van der Waals surface area contributed by atoms with Crippen LogP contribution in [0.3, 0.4) is 0 Å². The number of aromatic hydroxyl groups is 2. The lowest BCUT2D eigenvalue weighted by Gasteiger charge is -2.19. The van der Waals surface area contributed by atoms with Crippen molar-refractivity contribution in [3.05, 3.63) is 22.0 Å². The second-order valence-electron chi connectivity index (χ2n) is 4.75. The van der Waals surface area contributed by atoms with Gasteiger partial charge in [0.1, 0.15) is 5.69 Å². The lowest BCUT2D eigenvalue weighted by Crippen LogP contribution is -2.18.